The molecule has 2 atom stereocenters. The Morgan fingerprint density at radius 1 is 1.19 bits per heavy atom. The van der Waals surface area contributed by atoms with E-state index in [1.165, 1.54) is 0 Å². The molecular formula is C16H25NO3S. The van der Waals surface area contributed by atoms with Gasteiger partial charge >= 0.3 is 0 Å². The summed E-state index contributed by atoms with van der Waals surface area (Å²) in [6, 6.07) is 7.21. The van der Waals surface area contributed by atoms with E-state index in [1.807, 2.05) is 19.1 Å². The molecule has 0 radical (unpaired) electrons. The average molecular weight is 311 g/mol. The second-order valence-corrected chi connectivity index (χ2v) is 7.90. The van der Waals surface area contributed by atoms with Crippen LogP contribution in [0.4, 0.5) is 0 Å². The van der Waals surface area contributed by atoms with Gasteiger partial charge in [0, 0.05) is 19.7 Å². The Hall–Kier alpha value is -0.910. The fourth-order valence-corrected chi connectivity index (χ4v) is 4.96. The minimum atomic E-state index is -3.27. The standard InChI is InChI=1S/C16H25NO3S/c1-13-7-9-14(10-8-13)21(18,19)16-6-4-3-5-15(16)17-11-12-20-2/h7-10,15-17H,3-6,11-12H2,1-2H3/t15-,16+/m0/s1. The molecule has 0 saturated heterocycles. The van der Waals surface area contributed by atoms with Crippen molar-refractivity contribution in [2.75, 3.05) is 20.3 Å². The minimum absolute atomic E-state index is 0.0280. The quantitative estimate of drug-likeness (QED) is 0.819. The second-order valence-electron chi connectivity index (χ2n) is 5.73. The van der Waals surface area contributed by atoms with E-state index in [-0.39, 0.29) is 11.3 Å². The Labute approximate surface area is 127 Å². The van der Waals surface area contributed by atoms with Crippen molar-refractivity contribution in [2.45, 2.75) is 48.8 Å². The van der Waals surface area contributed by atoms with Gasteiger partial charge in [0.25, 0.3) is 0 Å². The Balaban J connectivity index is 2.17. The second kappa shape index (κ2) is 7.38. The Morgan fingerprint density at radius 2 is 1.86 bits per heavy atom. The maximum Gasteiger partial charge on any atom is 0.182 e. The number of rotatable bonds is 6. The molecule has 1 aromatic rings. The first-order chi connectivity index (χ1) is 10.1. The molecule has 0 spiro atoms. The highest BCUT2D eigenvalue weighted by Gasteiger charge is 2.36. The molecule has 1 aliphatic rings. The summed E-state index contributed by atoms with van der Waals surface area (Å²) in [5.41, 5.74) is 1.08. The zero-order valence-electron chi connectivity index (χ0n) is 12.8. The Kier molecular flexibility index (Phi) is 5.79. The van der Waals surface area contributed by atoms with Crippen LogP contribution in [0.3, 0.4) is 0 Å². The van der Waals surface area contributed by atoms with Gasteiger partial charge in [0.05, 0.1) is 16.8 Å². The number of sulfone groups is 1. The third-order valence-corrected chi connectivity index (χ3v) is 6.45. The maximum absolute atomic E-state index is 12.9. The molecular weight excluding hydrogens is 286 g/mol. The van der Waals surface area contributed by atoms with Gasteiger partial charge in [-0.05, 0) is 31.9 Å². The van der Waals surface area contributed by atoms with Gasteiger partial charge in [-0.2, -0.15) is 0 Å². The fraction of sp³-hybridized carbons (Fsp3) is 0.625. The number of methoxy groups -OCH3 is 1. The molecule has 1 saturated carbocycles. The third-order valence-electron chi connectivity index (χ3n) is 4.16. The van der Waals surface area contributed by atoms with Crippen molar-refractivity contribution in [2.24, 2.45) is 0 Å². The van der Waals surface area contributed by atoms with Crippen molar-refractivity contribution in [1.82, 2.24) is 5.32 Å². The van der Waals surface area contributed by atoms with Crippen LogP contribution < -0.4 is 5.32 Å². The lowest BCUT2D eigenvalue weighted by atomic mass is 9.95. The van der Waals surface area contributed by atoms with Crippen molar-refractivity contribution >= 4 is 9.84 Å². The van der Waals surface area contributed by atoms with Crippen LogP contribution in [0.25, 0.3) is 0 Å². The molecule has 0 bridgehead atoms. The van der Waals surface area contributed by atoms with Gasteiger partial charge in [-0.25, -0.2) is 8.42 Å². The smallest absolute Gasteiger partial charge is 0.182 e. The molecule has 1 N–H and O–H groups in total. The highest BCUT2D eigenvalue weighted by Crippen LogP contribution is 2.29. The van der Waals surface area contributed by atoms with E-state index < -0.39 is 9.84 Å². The predicted octanol–water partition coefficient (Wildman–Crippen LogP) is 2.32. The zero-order valence-corrected chi connectivity index (χ0v) is 13.7. The summed E-state index contributed by atoms with van der Waals surface area (Å²) < 4.78 is 30.8. The van der Waals surface area contributed by atoms with Crippen LogP contribution in [0.1, 0.15) is 31.2 Å². The molecule has 1 fully saturated rings. The number of hydrogen-bond acceptors (Lipinski definition) is 4. The lowest BCUT2D eigenvalue weighted by Crippen LogP contribution is -2.47. The van der Waals surface area contributed by atoms with Gasteiger partial charge in [0.2, 0.25) is 0 Å². The molecule has 0 aliphatic heterocycles. The fourth-order valence-electron chi connectivity index (χ4n) is 2.95. The summed E-state index contributed by atoms with van der Waals surface area (Å²) in [4.78, 5) is 0.443. The number of benzene rings is 1. The van der Waals surface area contributed by atoms with E-state index in [0.29, 0.717) is 18.0 Å². The summed E-state index contributed by atoms with van der Waals surface area (Å²) >= 11 is 0. The summed E-state index contributed by atoms with van der Waals surface area (Å²) in [5.74, 6) is 0. The van der Waals surface area contributed by atoms with E-state index in [9.17, 15) is 8.42 Å². The van der Waals surface area contributed by atoms with Crippen LogP contribution in [0.5, 0.6) is 0 Å². The molecule has 5 heteroatoms. The van der Waals surface area contributed by atoms with Gasteiger partial charge in [0.15, 0.2) is 9.84 Å². The summed E-state index contributed by atoms with van der Waals surface area (Å²) in [6.45, 7) is 3.26. The zero-order chi connectivity index (χ0) is 15.3. The van der Waals surface area contributed by atoms with Crippen molar-refractivity contribution < 1.29 is 13.2 Å². The van der Waals surface area contributed by atoms with Crippen molar-refractivity contribution in [1.29, 1.82) is 0 Å². The van der Waals surface area contributed by atoms with Crippen molar-refractivity contribution in [3.05, 3.63) is 29.8 Å². The van der Waals surface area contributed by atoms with Gasteiger partial charge < -0.3 is 10.1 Å². The highest BCUT2D eigenvalue weighted by molar-refractivity contribution is 7.92. The largest absolute Gasteiger partial charge is 0.383 e. The van der Waals surface area contributed by atoms with E-state index in [0.717, 1.165) is 31.2 Å². The molecule has 0 aromatic heterocycles. The number of nitrogens with one attached hydrogen (secondary N) is 1. The molecule has 0 heterocycles. The van der Waals surface area contributed by atoms with Crippen molar-refractivity contribution in [3.63, 3.8) is 0 Å². The van der Waals surface area contributed by atoms with E-state index in [1.54, 1.807) is 19.2 Å². The number of aryl methyl sites for hydroxylation is 1. The van der Waals surface area contributed by atoms with Crippen molar-refractivity contribution in [3.8, 4) is 0 Å². The SMILES string of the molecule is COCCN[C@H]1CCCC[C@H]1S(=O)(=O)c1ccc(C)cc1. The molecule has 21 heavy (non-hydrogen) atoms. The van der Waals surface area contributed by atoms with Gasteiger partial charge in [-0.3, -0.25) is 0 Å². The first kappa shape index (κ1) is 16.5. The summed E-state index contributed by atoms with van der Waals surface area (Å²) in [7, 11) is -1.61. The molecule has 4 nitrogen and oxygen atoms in total. The third kappa shape index (κ3) is 4.05. The molecule has 118 valence electrons. The van der Waals surface area contributed by atoms with Crippen LogP contribution in [-0.4, -0.2) is 40.0 Å². The molecule has 2 rings (SSSR count). The first-order valence-electron chi connectivity index (χ1n) is 7.58. The van der Waals surface area contributed by atoms with E-state index >= 15 is 0 Å². The summed E-state index contributed by atoms with van der Waals surface area (Å²) in [5, 5.41) is 3.03. The Bertz CT molecular complexity index is 539. The molecule has 1 aliphatic carbocycles. The van der Waals surface area contributed by atoms with Gasteiger partial charge in [0.1, 0.15) is 0 Å². The topological polar surface area (TPSA) is 55.4 Å². The van der Waals surface area contributed by atoms with Gasteiger partial charge in [-0.15, -0.1) is 0 Å². The normalized spacial score (nSPS) is 23.1. The number of hydrogen-bond donors (Lipinski definition) is 1. The summed E-state index contributed by atoms with van der Waals surface area (Å²) in [6.07, 6.45) is 3.73. The van der Waals surface area contributed by atoms with E-state index in [4.69, 9.17) is 4.74 Å². The van der Waals surface area contributed by atoms with Crippen LogP contribution in [0, 0.1) is 6.92 Å². The molecule has 0 unspecified atom stereocenters. The maximum atomic E-state index is 12.9. The van der Waals surface area contributed by atoms with Crippen LogP contribution >= 0.6 is 0 Å². The van der Waals surface area contributed by atoms with E-state index in [2.05, 4.69) is 5.32 Å². The Morgan fingerprint density at radius 3 is 2.52 bits per heavy atom. The van der Waals surface area contributed by atoms with Gasteiger partial charge in [-0.1, -0.05) is 30.5 Å². The highest BCUT2D eigenvalue weighted by atomic mass is 32.2. The lowest BCUT2D eigenvalue weighted by Gasteiger charge is -2.32. The van der Waals surface area contributed by atoms with Crippen LogP contribution in [0.15, 0.2) is 29.2 Å². The first-order valence-corrected chi connectivity index (χ1v) is 9.13. The minimum Gasteiger partial charge on any atom is -0.383 e. The average Bonchev–Trinajstić information content (AvgIpc) is 2.48. The predicted molar refractivity (Wildman–Crippen MR) is 84.3 cm³/mol. The molecule has 1 aromatic carbocycles. The molecule has 0 amide bonds. The monoisotopic (exact) mass is 311 g/mol. The van der Waals surface area contributed by atoms with Crippen LogP contribution in [0.2, 0.25) is 0 Å². The lowest BCUT2D eigenvalue weighted by molar-refractivity contribution is 0.192. The van der Waals surface area contributed by atoms with Crippen LogP contribution in [-0.2, 0) is 14.6 Å². The number of ether oxygens (including phenoxy) is 1.